The molecule has 1 aliphatic rings. The molecule has 0 radical (unpaired) electrons. The molecule has 0 bridgehead atoms. The van der Waals surface area contributed by atoms with E-state index in [9.17, 15) is 0 Å². The number of fused-ring (bicyclic) bond motifs is 1. The van der Waals surface area contributed by atoms with Crippen LogP contribution in [0.15, 0.2) is 79.1 Å². The van der Waals surface area contributed by atoms with Crippen molar-refractivity contribution in [2.24, 2.45) is 0 Å². The Morgan fingerprint density at radius 1 is 0.906 bits per heavy atom. The van der Waals surface area contributed by atoms with Crippen molar-refractivity contribution in [1.29, 1.82) is 0 Å². The van der Waals surface area contributed by atoms with Crippen LogP contribution in [-0.2, 0) is 4.74 Å². The number of anilines is 1. The van der Waals surface area contributed by atoms with Crippen molar-refractivity contribution in [3.8, 4) is 0 Å². The van der Waals surface area contributed by atoms with Crippen LogP contribution in [0.2, 0.25) is 0 Å². The first kappa shape index (κ1) is 20.6. The maximum atomic E-state index is 6.65. The van der Waals surface area contributed by atoms with E-state index in [1.54, 1.807) is 4.63 Å². The molecule has 1 saturated heterocycles. The number of hydrogen-bond donors (Lipinski definition) is 1. The number of rotatable bonds is 8. The quantitative estimate of drug-likeness (QED) is 0.460. The van der Waals surface area contributed by atoms with Crippen molar-refractivity contribution < 1.29 is 4.74 Å². The number of aromatic nitrogens is 4. The molecule has 0 unspecified atom stereocenters. The summed E-state index contributed by atoms with van der Waals surface area (Å²) in [7, 11) is 0. The maximum Gasteiger partial charge on any atom is 0.176 e. The molecule has 0 amide bonds. The van der Waals surface area contributed by atoms with Crippen LogP contribution in [0.25, 0.3) is 5.65 Å². The summed E-state index contributed by atoms with van der Waals surface area (Å²) in [5, 5.41) is 11.9. The Labute approximate surface area is 188 Å². The molecule has 7 nitrogen and oxygen atoms in total. The molecule has 5 rings (SSSR count). The largest absolute Gasteiger partial charge is 0.367 e. The van der Waals surface area contributed by atoms with Gasteiger partial charge in [-0.05, 0) is 36.1 Å². The average molecular weight is 429 g/mol. The Bertz CT molecular complexity index is 1070. The second-order valence-electron chi connectivity index (χ2n) is 8.13. The third-order valence-corrected chi connectivity index (χ3v) is 5.95. The fraction of sp³-hybridized carbons (Fsp3) is 0.320. The lowest BCUT2D eigenvalue weighted by atomic mass is 10.00. The lowest BCUT2D eigenvalue weighted by Gasteiger charge is -2.34. The van der Waals surface area contributed by atoms with Gasteiger partial charge in [0.25, 0.3) is 0 Å². The minimum Gasteiger partial charge on any atom is -0.367 e. The highest BCUT2D eigenvalue weighted by molar-refractivity contribution is 5.42. The molecule has 0 saturated carbocycles. The highest BCUT2D eigenvalue weighted by Crippen LogP contribution is 2.29. The van der Waals surface area contributed by atoms with E-state index < -0.39 is 0 Å². The molecular formula is C25H28N6O. The van der Waals surface area contributed by atoms with Crippen molar-refractivity contribution in [1.82, 2.24) is 24.7 Å². The molecule has 2 aromatic heterocycles. The van der Waals surface area contributed by atoms with Crippen molar-refractivity contribution >= 4 is 11.5 Å². The smallest absolute Gasteiger partial charge is 0.176 e. The van der Waals surface area contributed by atoms with Gasteiger partial charge in [-0.3, -0.25) is 0 Å². The second kappa shape index (κ2) is 9.89. The van der Waals surface area contributed by atoms with Gasteiger partial charge >= 0.3 is 0 Å². The molecule has 1 aliphatic heterocycles. The van der Waals surface area contributed by atoms with E-state index >= 15 is 0 Å². The minimum absolute atomic E-state index is 0.0200. The van der Waals surface area contributed by atoms with Gasteiger partial charge in [-0.1, -0.05) is 60.7 Å². The van der Waals surface area contributed by atoms with E-state index in [2.05, 4.69) is 86.1 Å². The first-order chi connectivity index (χ1) is 15.8. The normalized spacial score (nSPS) is 15.4. The van der Waals surface area contributed by atoms with Gasteiger partial charge < -0.3 is 15.0 Å². The maximum absolute atomic E-state index is 6.65. The zero-order chi connectivity index (χ0) is 21.6. The van der Waals surface area contributed by atoms with Crippen LogP contribution in [-0.4, -0.2) is 57.0 Å². The van der Waals surface area contributed by atoms with Crippen LogP contribution in [0, 0.1) is 0 Å². The number of ether oxygens (including phenoxy) is 1. The van der Waals surface area contributed by atoms with Crippen LogP contribution < -0.4 is 5.32 Å². The van der Waals surface area contributed by atoms with Gasteiger partial charge in [-0.25, -0.2) is 4.98 Å². The van der Waals surface area contributed by atoms with Crippen molar-refractivity contribution in [2.45, 2.75) is 25.0 Å². The Morgan fingerprint density at radius 3 is 2.28 bits per heavy atom. The standard InChI is InChI=1S/C25H28N6O/c1-3-7-20(8-4-1)25(21-9-5-2-6-10-21)32-22-13-16-30(17-14-22)18-15-26-23-11-12-24-27-19-28-31(24)29-23/h1-12,19,22,25H,13-18H2,(H,26,29). The highest BCUT2D eigenvalue weighted by atomic mass is 16.5. The predicted molar refractivity (Wildman–Crippen MR) is 125 cm³/mol. The van der Waals surface area contributed by atoms with Gasteiger partial charge in [0.1, 0.15) is 18.2 Å². The van der Waals surface area contributed by atoms with Crippen molar-refractivity contribution in [2.75, 3.05) is 31.5 Å². The molecule has 1 fully saturated rings. The Kier molecular flexibility index (Phi) is 6.37. The number of benzene rings is 2. The van der Waals surface area contributed by atoms with E-state index in [0.717, 1.165) is 50.5 Å². The monoisotopic (exact) mass is 428 g/mol. The summed E-state index contributed by atoms with van der Waals surface area (Å²) in [6.07, 6.45) is 3.84. The van der Waals surface area contributed by atoms with Gasteiger partial charge in [-0.15, -0.1) is 14.8 Å². The molecule has 0 spiro atoms. The molecule has 4 aromatic rings. The third kappa shape index (κ3) is 4.95. The van der Waals surface area contributed by atoms with Crippen LogP contribution in [0.5, 0.6) is 0 Å². The number of nitrogens with zero attached hydrogens (tertiary/aromatic N) is 5. The number of piperidine rings is 1. The highest BCUT2D eigenvalue weighted by Gasteiger charge is 2.24. The van der Waals surface area contributed by atoms with Crippen LogP contribution in [0.4, 0.5) is 5.82 Å². The summed E-state index contributed by atoms with van der Waals surface area (Å²) in [5.41, 5.74) is 3.17. The van der Waals surface area contributed by atoms with E-state index in [4.69, 9.17) is 4.74 Å². The summed E-state index contributed by atoms with van der Waals surface area (Å²) in [6, 6.07) is 24.9. The fourth-order valence-electron chi connectivity index (χ4n) is 4.22. The summed E-state index contributed by atoms with van der Waals surface area (Å²) >= 11 is 0. The van der Waals surface area contributed by atoms with E-state index in [0.29, 0.717) is 0 Å². The topological polar surface area (TPSA) is 67.6 Å². The molecule has 32 heavy (non-hydrogen) atoms. The van der Waals surface area contributed by atoms with E-state index in [-0.39, 0.29) is 12.2 Å². The fourth-order valence-corrected chi connectivity index (χ4v) is 4.22. The molecule has 164 valence electrons. The minimum atomic E-state index is -0.0200. The van der Waals surface area contributed by atoms with Gasteiger partial charge in [-0.2, -0.15) is 0 Å². The molecule has 7 heteroatoms. The first-order valence-corrected chi connectivity index (χ1v) is 11.2. The van der Waals surface area contributed by atoms with E-state index in [1.165, 1.54) is 17.5 Å². The number of nitrogens with one attached hydrogen (secondary N) is 1. The number of likely N-dealkylation sites (tertiary alicyclic amines) is 1. The predicted octanol–water partition coefficient (Wildman–Crippen LogP) is 3.81. The number of hydrogen-bond acceptors (Lipinski definition) is 6. The third-order valence-electron chi connectivity index (χ3n) is 5.95. The average Bonchev–Trinajstić information content (AvgIpc) is 3.33. The first-order valence-electron chi connectivity index (χ1n) is 11.2. The molecule has 0 atom stereocenters. The van der Waals surface area contributed by atoms with Crippen molar-refractivity contribution in [3.63, 3.8) is 0 Å². The zero-order valence-corrected chi connectivity index (χ0v) is 18.0. The zero-order valence-electron chi connectivity index (χ0n) is 18.0. The lowest BCUT2D eigenvalue weighted by molar-refractivity contribution is -0.0263. The molecular weight excluding hydrogens is 400 g/mol. The summed E-state index contributed by atoms with van der Waals surface area (Å²) < 4.78 is 8.19. The molecule has 1 N–H and O–H groups in total. The Balaban J connectivity index is 1.12. The lowest BCUT2D eigenvalue weighted by Crippen LogP contribution is -2.39. The summed E-state index contributed by atoms with van der Waals surface area (Å²) in [4.78, 5) is 6.61. The molecule has 2 aromatic carbocycles. The Morgan fingerprint density at radius 2 is 1.59 bits per heavy atom. The second-order valence-corrected chi connectivity index (χ2v) is 8.13. The molecule has 0 aliphatic carbocycles. The van der Waals surface area contributed by atoms with Crippen LogP contribution >= 0.6 is 0 Å². The van der Waals surface area contributed by atoms with Gasteiger partial charge in [0, 0.05) is 26.2 Å². The summed E-state index contributed by atoms with van der Waals surface area (Å²) in [6.45, 7) is 3.90. The van der Waals surface area contributed by atoms with Gasteiger partial charge in [0.2, 0.25) is 0 Å². The Hall–Kier alpha value is -3.29. The van der Waals surface area contributed by atoms with Crippen LogP contribution in [0.3, 0.4) is 0 Å². The SMILES string of the molecule is c1ccc(C(OC2CCN(CCNc3ccc4ncnn4n3)CC2)c2ccccc2)cc1. The summed E-state index contributed by atoms with van der Waals surface area (Å²) in [5.74, 6) is 0.815. The van der Waals surface area contributed by atoms with Crippen molar-refractivity contribution in [3.05, 3.63) is 90.3 Å². The molecule has 3 heterocycles. The van der Waals surface area contributed by atoms with E-state index in [1.807, 2.05) is 12.1 Å². The van der Waals surface area contributed by atoms with Gasteiger partial charge in [0.15, 0.2) is 5.65 Å². The van der Waals surface area contributed by atoms with Gasteiger partial charge in [0.05, 0.1) is 6.10 Å². The van der Waals surface area contributed by atoms with Crippen LogP contribution in [0.1, 0.15) is 30.1 Å².